The minimum atomic E-state index is -4.87. The molecule has 2 aromatic rings. The van der Waals surface area contributed by atoms with Crippen molar-refractivity contribution in [1.29, 1.82) is 0 Å². The van der Waals surface area contributed by atoms with Gasteiger partial charge in [-0.2, -0.15) is 13.2 Å². The molecule has 11 heteroatoms. The van der Waals surface area contributed by atoms with E-state index in [9.17, 15) is 18.0 Å². The molecule has 33 heavy (non-hydrogen) atoms. The maximum atomic E-state index is 13.8. The Morgan fingerprint density at radius 3 is 2.61 bits per heavy atom. The van der Waals surface area contributed by atoms with Gasteiger partial charge in [0, 0.05) is 17.5 Å². The van der Waals surface area contributed by atoms with E-state index in [0.717, 1.165) is 11.1 Å². The van der Waals surface area contributed by atoms with Crippen LogP contribution in [0.5, 0.6) is 0 Å². The Kier molecular flexibility index (Phi) is 6.68. The number of guanidine groups is 1. The number of carbonyl (C=O) groups is 1. The first-order chi connectivity index (χ1) is 15.8. The highest BCUT2D eigenvalue weighted by atomic mass is 32.2. The standard InChI is InChI=1S/C22H19F3N4O3S/c1-2-31-21(30)32-17-13-29-18(33-14-8-4-3-5-9-14)12-16(15-10-6-7-11-26-15)27-20(29)28-19(17)22(23,24)25/h3-11,13,16,18H,2,12H2,1H3. The first-order valence-corrected chi connectivity index (χ1v) is 10.9. The fourth-order valence-corrected chi connectivity index (χ4v) is 4.47. The SMILES string of the molecule is CCOC(=O)OC1=CN2C(=NC(c3ccccn3)CC2Sc2ccccc2)N=C1C(F)(F)F. The van der Waals surface area contributed by atoms with E-state index in [1.54, 1.807) is 24.4 Å². The monoisotopic (exact) mass is 476 g/mol. The molecule has 0 amide bonds. The lowest BCUT2D eigenvalue weighted by molar-refractivity contribution is -0.0605. The molecule has 7 nitrogen and oxygen atoms in total. The molecule has 2 atom stereocenters. The molecule has 0 spiro atoms. The number of alkyl halides is 3. The molecular weight excluding hydrogens is 457 g/mol. The highest BCUT2D eigenvalue weighted by Gasteiger charge is 2.45. The van der Waals surface area contributed by atoms with Gasteiger partial charge in [0.1, 0.15) is 0 Å². The molecule has 1 aromatic heterocycles. The Hall–Kier alpha value is -3.34. The van der Waals surface area contributed by atoms with Gasteiger partial charge in [0.2, 0.25) is 5.96 Å². The van der Waals surface area contributed by atoms with E-state index in [1.165, 1.54) is 23.6 Å². The van der Waals surface area contributed by atoms with Gasteiger partial charge in [-0.3, -0.25) is 4.98 Å². The van der Waals surface area contributed by atoms with Crippen molar-refractivity contribution in [2.45, 2.75) is 35.8 Å². The first kappa shape index (κ1) is 22.8. The summed E-state index contributed by atoms with van der Waals surface area (Å²) in [6.07, 6.45) is -2.94. The topological polar surface area (TPSA) is 76.4 Å². The Morgan fingerprint density at radius 1 is 1.18 bits per heavy atom. The molecule has 2 aliphatic rings. The number of aliphatic imine (C=N–C) groups is 2. The molecule has 0 saturated carbocycles. The lowest BCUT2D eigenvalue weighted by atomic mass is 10.1. The second-order valence-electron chi connectivity index (χ2n) is 6.96. The number of aromatic nitrogens is 1. The third-order valence-corrected chi connectivity index (χ3v) is 5.94. The molecule has 0 aliphatic carbocycles. The van der Waals surface area contributed by atoms with E-state index in [0.29, 0.717) is 12.1 Å². The van der Waals surface area contributed by atoms with E-state index in [4.69, 9.17) is 4.74 Å². The number of halogens is 3. The number of nitrogens with zero attached hydrogens (tertiary/aromatic N) is 4. The summed E-state index contributed by atoms with van der Waals surface area (Å²) >= 11 is 1.44. The van der Waals surface area contributed by atoms with Crippen LogP contribution < -0.4 is 0 Å². The van der Waals surface area contributed by atoms with Crippen molar-refractivity contribution in [3.05, 3.63) is 72.4 Å². The van der Waals surface area contributed by atoms with E-state index in [1.807, 2.05) is 30.3 Å². The van der Waals surface area contributed by atoms with Gasteiger partial charge < -0.3 is 14.4 Å². The van der Waals surface area contributed by atoms with Gasteiger partial charge in [-0.15, -0.1) is 11.8 Å². The number of pyridine rings is 1. The molecule has 0 N–H and O–H groups in total. The summed E-state index contributed by atoms with van der Waals surface area (Å²) in [5.41, 5.74) is -0.722. The molecule has 0 fully saturated rings. The Labute approximate surface area is 192 Å². The number of hydrogen-bond donors (Lipinski definition) is 0. The van der Waals surface area contributed by atoms with Crippen molar-refractivity contribution in [3.8, 4) is 0 Å². The zero-order chi connectivity index (χ0) is 23.4. The number of benzene rings is 1. The zero-order valence-electron chi connectivity index (χ0n) is 17.4. The van der Waals surface area contributed by atoms with Crippen LogP contribution in [-0.4, -0.2) is 45.9 Å². The summed E-state index contributed by atoms with van der Waals surface area (Å²) in [6, 6.07) is 14.3. The number of thioether (sulfide) groups is 1. The van der Waals surface area contributed by atoms with E-state index in [2.05, 4.69) is 19.7 Å². The number of allylic oxidation sites excluding steroid dienone is 1. The van der Waals surface area contributed by atoms with Gasteiger partial charge in [0.05, 0.1) is 29.9 Å². The average Bonchev–Trinajstić information content (AvgIpc) is 2.79. The molecule has 2 unspecified atom stereocenters. The van der Waals surface area contributed by atoms with Crippen molar-refractivity contribution in [1.82, 2.24) is 9.88 Å². The quantitative estimate of drug-likeness (QED) is 0.543. The fraction of sp³-hybridized carbons (Fsp3) is 0.273. The molecule has 3 heterocycles. The number of rotatable bonds is 5. The van der Waals surface area contributed by atoms with Crippen molar-refractivity contribution in [2.24, 2.45) is 9.98 Å². The van der Waals surface area contributed by atoms with Crippen LogP contribution in [0.1, 0.15) is 25.1 Å². The Morgan fingerprint density at radius 2 is 1.94 bits per heavy atom. The number of ether oxygens (including phenoxy) is 2. The van der Waals surface area contributed by atoms with Gasteiger partial charge in [0.15, 0.2) is 11.5 Å². The average molecular weight is 476 g/mol. The van der Waals surface area contributed by atoms with Crippen LogP contribution in [0.15, 0.2) is 81.6 Å². The normalized spacial score (nSPS) is 20.2. The van der Waals surface area contributed by atoms with Crippen LogP contribution in [0.2, 0.25) is 0 Å². The van der Waals surface area contributed by atoms with Crippen LogP contribution in [0.4, 0.5) is 18.0 Å². The molecule has 1 aromatic carbocycles. The summed E-state index contributed by atoms with van der Waals surface area (Å²) in [6.45, 7) is 1.48. The summed E-state index contributed by atoms with van der Waals surface area (Å²) in [5.74, 6) is -0.872. The van der Waals surface area contributed by atoms with E-state index >= 15 is 0 Å². The third-order valence-electron chi connectivity index (χ3n) is 4.71. The molecule has 4 rings (SSSR count). The first-order valence-electron chi connectivity index (χ1n) is 10.1. The maximum absolute atomic E-state index is 13.8. The summed E-state index contributed by atoms with van der Waals surface area (Å²) < 4.78 is 50.8. The second kappa shape index (κ2) is 9.65. The van der Waals surface area contributed by atoms with Gasteiger partial charge in [-0.05, 0) is 31.2 Å². The van der Waals surface area contributed by atoms with Crippen molar-refractivity contribution in [2.75, 3.05) is 6.61 Å². The van der Waals surface area contributed by atoms with Gasteiger partial charge in [-0.1, -0.05) is 24.3 Å². The number of hydrogen-bond acceptors (Lipinski definition) is 8. The van der Waals surface area contributed by atoms with Gasteiger partial charge >= 0.3 is 12.3 Å². The van der Waals surface area contributed by atoms with E-state index < -0.39 is 29.8 Å². The van der Waals surface area contributed by atoms with E-state index in [-0.39, 0.29) is 17.9 Å². The lowest BCUT2D eigenvalue weighted by Crippen LogP contribution is -2.44. The summed E-state index contributed by atoms with van der Waals surface area (Å²) in [7, 11) is 0. The van der Waals surface area contributed by atoms with Crippen LogP contribution in [0.25, 0.3) is 0 Å². The largest absolute Gasteiger partial charge is 0.513 e. The van der Waals surface area contributed by atoms with Gasteiger partial charge in [0.25, 0.3) is 0 Å². The number of fused-ring (bicyclic) bond motifs is 1. The third kappa shape index (κ3) is 5.36. The molecular formula is C22H19F3N4O3S. The minimum Gasteiger partial charge on any atom is -0.434 e. The summed E-state index contributed by atoms with van der Waals surface area (Å²) in [5, 5.41) is -0.383. The predicted molar refractivity (Wildman–Crippen MR) is 117 cm³/mol. The Balaban J connectivity index is 1.75. The number of carbonyl (C=O) groups excluding carboxylic acids is 1. The highest BCUT2D eigenvalue weighted by Crippen LogP contribution is 2.40. The molecule has 0 radical (unpaired) electrons. The smallest absolute Gasteiger partial charge is 0.434 e. The zero-order valence-corrected chi connectivity index (χ0v) is 18.2. The van der Waals surface area contributed by atoms with Crippen molar-refractivity contribution in [3.63, 3.8) is 0 Å². The van der Waals surface area contributed by atoms with Crippen molar-refractivity contribution < 1.29 is 27.4 Å². The van der Waals surface area contributed by atoms with Crippen LogP contribution in [-0.2, 0) is 9.47 Å². The van der Waals surface area contributed by atoms with Gasteiger partial charge in [-0.25, -0.2) is 14.8 Å². The minimum absolute atomic E-state index is 0.0424. The fourth-order valence-electron chi connectivity index (χ4n) is 3.30. The van der Waals surface area contributed by atoms with Crippen LogP contribution >= 0.6 is 11.8 Å². The van der Waals surface area contributed by atoms with Crippen LogP contribution in [0.3, 0.4) is 0 Å². The second-order valence-corrected chi connectivity index (χ2v) is 8.22. The molecule has 0 bridgehead atoms. The molecule has 2 aliphatic heterocycles. The summed E-state index contributed by atoms with van der Waals surface area (Å²) in [4.78, 5) is 26.7. The predicted octanol–water partition coefficient (Wildman–Crippen LogP) is 5.33. The lowest BCUT2D eigenvalue weighted by Gasteiger charge is -2.37. The maximum Gasteiger partial charge on any atom is 0.513 e. The highest BCUT2D eigenvalue weighted by molar-refractivity contribution is 7.99. The Bertz CT molecular complexity index is 1090. The molecule has 172 valence electrons. The van der Waals surface area contributed by atoms with Crippen LogP contribution in [0, 0.1) is 0 Å². The molecule has 0 saturated heterocycles. The van der Waals surface area contributed by atoms with Crippen molar-refractivity contribution >= 4 is 29.6 Å².